The van der Waals surface area contributed by atoms with Crippen LogP contribution >= 0.6 is 0 Å². The lowest BCUT2D eigenvalue weighted by Gasteiger charge is -2.40. The van der Waals surface area contributed by atoms with Crippen LogP contribution in [0.1, 0.15) is 34.9 Å². The van der Waals surface area contributed by atoms with E-state index >= 15 is 0 Å². The van der Waals surface area contributed by atoms with Gasteiger partial charge in [0.2, 0.25) is 11.9 Å². The maximum absolute atomic E-state index is 5.45. The van der Waals surface area contributed by atoms with Crippen molar-refractivity contribution in [1.29, 1.82) is 0 Å². The Kier molecular flexibility index (Phi) is 7.78. The summed E-state index contributed by atoms with van der Waals surface area (Å²) in [6.07, 6.45) is 7.48. The van der Waals surface area contributed by atoms with Crippen LogP contribution in [0, 0.1) is 0 Å². The van der Waals surface area contributed by atoms with Crippen LogP contribution in [-0.4, -0.2) is 24.1 Å². The van der Waals surface area contributed by atoms with Crippen LogP contribution in [0.25, 0.3) is 55.5 Å². The number of aromatic nitrogens is 5. The summed E-state index contributed by atoms with van der Waals surface area (Å²) in [4.78, 5) is 16.3. The van der Waals surface area contributed by atoms with E-state index in [1.165, 1.54) is 22.3 Å². The van der Waals surface area contributed by atoms with Gasteiger partial charge in [-0.2, -0.15) is 15.0 Å². The molecule has 0 amide bonds. The van der Waals surface area contributed by atoms with Gasteiger partial charge in [0.1, 0.15) is 5.82 Å². The van der Waals surface area contributed by atoms with Gasteiger partial charge in [0.05, 0.1) is 27.5 Å². The highest BCUT2D eigenvalue weighted by atomic mass is 15.3. The van der Waals surface area contributed by atoms with E-state index in [1.807, 2.05) is 0 Å². The van der Waals surface area contributed by atoms with Gasteiger partial charge in [-0.25, -0.2) is 0 Å². The number of fused-ring (bicyclic) bond motifs is 6. The molecule has 0 saturated heterocycles. The lowest BCUT2D eigenvalue weighted by molar-refractivity contribution is 0.626. The minimum absolute atomic E-state index is 0.137. The predicted octanol–water partition coefficient (Wildman–Crippen LogP) is 12.1. The number of rotatable bonds is 7. The minimum Gasteiger partial charge on any atom is -0.278 e. The monoisotopic (exact) mass is 731 g/mol. The first kappa shape index (κ1) is 33.0. The highest BCUT2D eigenvalue weighted by Crippen LogP contribution is 2.49. The smallest absolute Gasteiger partial charge is 0.239 e. The molecule has 270 valence electrons. The first-order valence-electron chi connectivity index (χ1n) is 19.6. The molecule has 0 saturated carbocycles. The molecule has 10 aromatic rings. The van der Waals surface area contributed by atoms with E-state index in [0.717, 1.165) is 49.4 Å². The molecule has 0 N–H and O–H groups in total. The highest BCUT2D eigenvalue weighted by molar-refractivity contribution is 6.10. The maximum Gasteiger partial charge on any atom is 0.239 e. The van der Waals surface area contributed by atoms with Crippen LogP contribution in [0.15, 0.2) is 212 Å². The van der Waals surface area contributed by atoms with E-state index in [-0.39, 0.29) is 5.92 Å². The second-order valence-corrected chi connectivity index (χ2v) is 14.8. The summed E-state index contributed by atoms with van der Waals surface area (Å²) in [5.74, 6) is 1.78. The Morgan fingerprint density at radius 2 is 0.754 bits per heavy atom. The number of hydrogen-bond acceptors (Lipinski definition) is 3. The van der Waals surface area contributed by atoms with Crippen molar-refractivity contribution < 1.29 is 0 Å². The Morgan fingerprint density at radius 3 is 1.14 bits per heavy atom. The standard InChI is InChI=1S/C52H37N5/c1-4-20-37(21-5-1)52(38-22-6-2-7-23-38,39-24-8-3-9-25-39)40-26-18-19-36(35-40)49-53-50(56-45-31-14-10-27-41(45)42-28-11-15-32-46(42)56)55-51(54-49)57-47-33-16-12-29-43(47)44-30-13-17-34-48(44)57/h1-34,36H,35H2. The zero-order valence-corrected chi connectivity index (χ0v) is 31.2. The van der Waals surface area contributed by atoms with Crippen molar-refractivity contribution >= 4 is 43.6 Å². The molecule has 0 spiro atoms. The first-order chi connectivity index (χ1) is 28.3. The van der Waals surface area contributed by atoms with Gasteiger partial charge < -0.3 is 0 Å². The van der Waals surface area contributed by atoms with Gasteiger partial charge in [0, 0.05) is 27.5 Å². The minimum atomic E-state index is -0.550. The molecule has 5 heteroatoms. The summed E-state index contributed by atoms with van der Waals surface area (Å²) < 4.78 is 4.41. The summed E-state index contributed by atoms with van der Waals surface area (Å²) in [7, 11) is 0. The van der Waals surface area contributed by atoms with Gasteiger partial charge in [-0.05, 0) is 52.9 Å². The Morgan fingerprint density at radius 1 is 0.404 bits per heavy atom. The molecular formula is C52H37N5. The Hall–Kier alpha value is -7.37. The summed E-state index contributed by atoms with van der Waals surface area (Å²) >= 11 is 0. The quantitative estimate of drug-likeness (QED) is 0.153. The molecular weight excluding hydrogens is 695 g/mol. The lowest BCUT2D eigenvalue weighted by Crippen LogP contribution is -2.33. The average Bonchev–Trinajstić information content (AvgIpc) is 3.81. The van der Waals surface area contributed by atoms with Crippen molar-refractivity contribution in [3.05, 3.63) is 234 Å². The average molecular weight is 732 g/mol. The second-order valence-electron chi connectivity index (χ2n) is 14.8. The molecule has 3 heterocycles. The fourth-order valence-electron chi connectivity index (χ4n) is 9.27. The molecule has 11 rings (SSSR count). The normalized spacial score (nSPS) is 14.5. The van der Waals surface area contributed by atoms with E-state index in [9.17, 15) is 0 Å². The van der Waals surface area contributed by atoms with E-state index in [1.54, 1.807) is 0 Å². The predicted molar refractivity (Wildman–Crippen MR) is 232 cm³/mol. The molecule has 3 aromatic heterocycles. The van der Waals surface area contributed by atoms with Crippen LogP contribution in [0.5, 0.6) is 0 Å². The fourth-order valence-corrected chi connectivity index (χ4v) is 9.27. The Labute approximate surface area is 330 Å². The third-order valence-corrected chi connectivity index (χ3v) is 11.7. The van der Waals surface area contributed by atoms with E-state index in [2.05, 4.69) is 215 Å². The van der Waals surface area contributed by atoms with Gasteiger partial charge in [-0.3, -0.25) is 9.13 Å². The van der Waals surface area contributed by atoms with Gasteiger partial charge in [-0.1, -0.05) is 182 Å². The molecule has 57 heavy (non-hydrogen) atoms. The van der Waals surface area contributed by atoms with Crippen LogP contribution in [0.4, 0.5) is 0 Å². The summed E-state index contributed by atoms with van der Waals surface area (Å²) in [6.45, 7) is 0. The van der Waals surface area contributed by atoms with Crippen molar-refractivity contribution in [3.63, 3.8) is 0 Å². The SMILES string of the molecule is C1=CC(c2nc(-n3c4ccccc4c4ccccc43)nc(-n3c4ccccc4c4ccccc43)n2)CC(C(c2ccccc2)(c2ccccc2)c2ccccc2)=C1. The fraction of sp³-hybridized carbons (Fsp3) is 0.0577. The van der Waals surface area contributed by atoms with Crippen LogP contribution < -0.4 is 0 Å². The highest BCUT2D eigenvalue weighted by Gasteiger charge is 2.41. The number of allylic oxidation sites excluding steroid dienone is 4. The van der Waals surface area contributed by atoms with E-state index < -0.39 is 5.41 Å². The molecule has 0 aliphatic heterocycles. The Balaban J connectivity index is 1.16. The van der Waals surface area contributed by atoms with Crippen LogP contribution in [0.2, 0.25) is 0 Å². The molecule has 7 aromatic carbocycles. The second kappa shape index (κ2) is 13.4. The number of nitrogens with zero attached hydrogens (tertiary/aromatic N) is 5. The topological polar surface area (TPSA) is 48.5 Å². The van der Waals surface area contributed by atoms with Crippen molar-refractivity contribution in [2.75, 3.05) is 0 Å². The number of para-hydroxylation sites is 4. The van der Waals surface area contributed by atoms with Crippen molar-refractivity contribution in [2.24, 2.45) is 0 Å². The van der Waals surface area contributed by atoms with Crippen LogP contribution in [-0.2, 0) is 5.41 Å². The molecule has 1 aliphatic rings. The molecule has 1 aliphatic carbocycles. The van der Waals surface area contributed by atoms with Crippen molar-refractivity contribution in [3.8, 4) is 11.9 Å². The molecule has 5 nitrogen and oxygen atoms in total. The molecule has 0 fully saturated rings. The lowest BCUT2D eigenvalue weighted by atomic mass is 9.62. The van der Waals surface area contributed by atoms with E-state index in [0.29, 0.717) is 18.3 Å². The molecule has 0 radical (unpaired) electrons. The third kappa shape index (κ3) is 5.20. The zero-order chi connectivity index (χ0) is 37.8. The number of hydrogen-bond donors (Lipinski definition) is 0. The van der Waals surface area contributed by atoms with Gasteiger partial charge in [0.15, 0.2) is 0 Å². The largest absolute Gasteiger partial charge is 0.278 e. The van der Waals surface area contributed by atoms with Crippen LogP contribution in [0.3, 0.4) is 0 Å². The summed E-state index contributed by atoms with van der Waals surface area (Å²) in [6, 6.07) is 66.9. The van der Waals surface area contributed by atoms with Gasteiger partial charge in [0.25, 0.3) is 0 Å². The maximum atomic E-state index is 5.45. The van der Waals surface area contributed by atoms with E-state index in [4.69, 9.17) is 15.0 Å². The third-order valence-electron chi connectivity index (χ3n) is 11.7. The summed E-state index contributed by atoms with van der Waals surface area (Å²) in [5.41, 5.74) is 8.60. The molecule has 1 unspecified atom stereocenters. The number of benzene rings is 7. The molecule has 0 bridgehead atoms. The summed E-state index contributed by atoms with van der Waals surface area (Å²) in [5, 5.41) is 4.65. The van der Waals surface area contributed by atoms with Crippen molar-refractivity contribution in [1.82, 2.24) is 24.1 Å². The first-order valence-corrected chi connectivity index (χ1v) is 19.6. The van der Waals surface area contributed by atoms with Crippen molar-refractivity contribution in [2.45, 2.75) is 17.8 Å². The Bertz CT molecular complexity index is 2820. The van der Waals surface area contributed by atoms with Gasteiger partial charge >= 0.3 is 0 Å². The zero-order valence-electron chi connectivity index (χ0n) is 31.2. The molecule has 1 atom stereocenters. The van der Waals surface area contributed by atoms with Gasteiger partial charge in [-0.15, -0.1) is 0 Å².